The Labute approximate surface area is 105 Å². The Morgan fingerprint density at radius 3 is 2.82 bits per heavy atom. The minimum atomic E-state index is -0.377. The molecule has 1 aliphatic rings. The van der Waals surface area contributed by atoms with E-state index in [0.29, 0.717) is 19.5 Å². The van der Waals surface area contributed by atoms with Gasteiger partial charge < -0.3 is 0 Å². The lowest BCUT2D eigenvalue weighted by molar-refractivity contribution is -0.131. The van der Waals surface area contributed by atoms with Gasteiger partial charge in [0.2, 0.25) is 5.78 Å². The van der Waals surface area contributed by atoms with Crippen LogP contribution >= 0.6 is 11.9 Å². The molecule has 1 saturated heterocycles. The minimum Gasteiger partial charge on any atom is -0.295 e. The van der Waals surface area contributed by atoms with E-state index in [1.54, 1.807) is 0 Å². The molecule has 5 heteroatoms. The molecule has 1 aromatic carbocycles. The molecule has 0 aliphatic carbocycles. The van der Waals surface area contributed by atoms with Crippen molar-refractivity contribution in [2.45, 2.75) is 11.9 Å². The zero-order chi connectivity index (χ0) is 12.3. The Hall–Kier alpha value is -1.17. The molecule has 1 fully saturated rings. The molecule has 0 amide bonds. The molecule has 1 atom stereocenters. The first-order valence-electron chi connectivity index (χ1n) is 5.35. The van der Waals surface area contributed by atoms with Crippen molar-refractivity contribution in [1.82, 2.24) is 9.21 Å². The molecular weight excluding hydrogens is 236 g/mol. The molecule has 0 radical (unpaired) electrons. The van der Waals surface area contributed by atoms with Gasteiger partial charge in [-0.1, -0.05) is 30.3 Å². The van der Waals surface area contributed by atoms with Gasteiger partial charge in [-0.2, -0.15) is 0 Å². The van der Waals surface area contributed by atoms with Crippen molar-refractivity contribution >= 4 is 24.0 Å². The number of nitrogens with zero attached hydrogens (tertiary/aromatic N) is 2. The zero-order valence-corrected chi connectivity index (χ0v) is 10.4. The maximum Gasteiger partial charge on any atom is 0.223 e. The quantitative estimate of drug-likeness (QED) is 0.455. The number of rotatable bonds is 4. The average Bonchev–Trinajstić information content (AvgIpc) is 2.70. The monoisotopic (exact) mass is 250 g/mol. The van der Waals surface area contributed by atoms with E-state index in [1.165, 1.54) is 11.9 Å². The third kappa shape index (κ3) is 2.94. The summed E-state index contributed by atoms with van der Waals surface area (Å²) < 4.78 is 1.97. The second-order valence-corrected chi connectivity index (χ2v) is 5.26. The lowest BCUT2D eigenvalue weighted by Gasteiger charge is -2.19. The Morgan fingerprint density at radius 1 is 1.47 bits per heavy atom. The fourth-order valence-corrected chi connectivity index (χ4v) is 2.83. The Bertz CT molecular complexity index is 410. The van der Waals surface area contributed by atoms with E-state index < -0.39 is 0 Å². The number of ketones is 1. The molecule has 1 heterocycles. The molecule has 1 aliphatic heterocycles. The molecule has 1 aromatic rings. The van der Waals surface area contributed by atoms with Crippen molar-refractivity contribution in [3.8, 4) is 0 Å². The molecule has 4 nitrogen and oxygen atoms in total. The number of carbonyl (C=O) groups is 2. The van der Waals surface area contributed by atoms with Gasteiger partial charge >= 0.3 is 0 Å². The van der Waals surface area contributed by atoms with Crippen LogP contribution in [0.2, 0.25) is 0 Å². The van der Waals surface area contributed by atoms with Crippen molar-refractivity contribution in [3.63, 3.8) is 0 Å². The van der Waals surface area contributed by atoms with Crippen LogP contribution in [0.3, 0.4) is 0 Å². The summed E-state index contributed by atoms with van der Waals surface area (Å²) in [5.41, 5.74) is 1.15. The summed E-state index contributed by atoms with van der Waals surface area (Å²) in [4.78, 5) is 24.1. The summed E-state index contributed by atoms with van der Waals surface area (Å²) in [7, 11) is 1.92. The van der Waals surface area contributed by atoms with Crippen LogP contribution in [0.4, 0.5) is 0 Å². The predicted octanol–water partition coefficient (Wildman–Crippen LogP) is 1.13. The van der Waals surface area contributed by atoms with Crippen LogP contribution < -0.4 is 0 Å². The summed E-state index contributed by atoms with van der Waals surface area (Å²) in [6, 6.07) is 9.94. The van der Waals surface area contributed by atoms with E-state index in [0.717, 1.165) is 5.56 Å². The highest BCUT2D eigenvalue weighted by atomic mass is 32.2. The number of hydrogen-bond acceptors (Lipinski definition) is 5. The number of aldehydes is 1. The van der Waals surface area contributed by atoms with E-state index in [9.17, 15) is 9.59 Å². The Morgan fingerprint density at radius 2 is 2.18 bits per heavy atom. The largest absolute Gasteiger partial charge is 0.295 e. The molecular formula is C12H14N2O2S. The second-order valence-electron chi connectivity index (χ2n) is 3.98. The van der Waals surface area contributed by atoms with Crippen LogP contribution in [0.5, 0.6) is 0 Å². The Balaban J connectivity index is 2.08. The topological polar surface area (TPSA) is 40.6 Å². The minimum absolute atomic E-state index is 0.365. The summed E-state index contributed by atoms with van der Waals surface area (Å²) in [5, 5.41) is -0.377. The maximum atomic E-state index is 11.5. The van der Waals surface area contributed by atoms with Gasteiger partial charge in [0.25, 0.3) is 0 Å². The second kappa shape index (κ2) is 5.44. The van der Waals surface area contributed by atoms with Gasteiger partial charge in [0, 0.05) is 6.54 Å². The normalized spacial score (nSPS) is 21.6. The molecule has 2 rings (SSSR count). The first kappa shape index (κ1) is 12.3. The first-order chi connectivity index (χ1) is 8.20. The highest BCUT2D eigenvalue weighted by Gasteiger charge is 2.34. The molecule has 0 spiro atoms. The van der Waals surface area contributed by atoms with E-state index in [-0.39, 0.29) is 11.2 Å². The van der Waals surface area contributed by atoms with Gasteiger partial charge in [0.1, 0.15) is 5.37 Å². The highest BCUT2D eigenvalue weighted by Crippen LogP contribution is 2.28. The van der Waals surface area contributed by atoms with Crippen LogP contribution in [0.15, 0.2) is 30.3 Å². The summed E-state index contributed by atoms with van der Waals surface area (Å²) in [6.07, 6.45) is 0.412. The molecule has 0 aromatic heterocycles. The number of hydrogen-bond donors (Lipinski definition) is 0. The fraction of sp³-hybridized carbons (Fsp3) is 0.333. The molecule has 90 valence electrons. The zero-order valence-electron chi connectivity index (χ0n) is 9.57. The SMILES string of the molecule is CN1CN(Cc2ccccc2)C(C(=O)C=O)S1. The van der Waals surface area contributed by atoms with E-state index in [2.05, 4.69) is 0 Å². The van der Waals surface area contributed by atoms with Crippen molar-refractivity contribution in [1.29, 1.82) is 0 Å². The highest BCUT2D eigenvalue weighted by molar-refractivity contribution is 7.98. The summed E-state index contributed by atoms with van der Waals surface area (Å²) in [6.45, 7) is 1.37. The van der Waals surface area contributed by atoms with E-state index in [4.69, 9.17) is 0 Å². The Kier molecular flexibility index (Phi) is 3.93. The lowest BCUT2D eigenvalue weighted by atomic mass is 10.2. The smallest absolute Gasteiger partial charge is 0.223 e. The lowest BCUT2D eigenvalue weighted by Crippen LogP contribution is -2.35. The third-order valence-electron chi connectivity index (χ3n) is 2.58. The van der Waals surface area contributed by atoms with Crippen LogP contribution in [-0.2, 0) is 16.1 Å². The third-order valence-corrected chi connectivity index (χ3v) is 3.79. The molecule has 1 unspecified atom stereocenters. The first-order valence-corrected chi connectivity index (χ1v) is 6.19. The van der Waals surface area contributed by atoms with Gasteiger partial charge in [-0.15, -0.1) is 0 Å². The van der Waals surface area contributed by atoms with Gasteiger partial charge in [-0.3, -0.25) is 14.5 Å². The summed E-state index contributed by atoms with van der Waals surface area (Å²) >= 11 is 1.40. The van der Waals surface area contributed by atoms with Crippen molar-refractivity contribution in [3.05, 3.63) is 35.9 Å². The molecule has 0 bridgehead atoms. The summed E-state index contributed by atoms with van der Waals surface area (Å²) in [5.74, 6) is -0.365. The van der Waals surface area contributed by atoms with Crippen molar-refractivity contribution in [2.75, 3.05) is 13.7 Å². The maximum absolute atomic E-state index is 11.5. The van der Waals surface area contributed by atoms with E-state index in [1.807, 2.05) is 46.6 Å². The van der Waals surface area contributed by atoms with Gasteiger partial charge in [0.15, 0.2) is 6.29 Å². The molecule has 0 saturated carbocycles. The predicted molar refractivity (Wildman–Crippen MR) is 67.1 cm³/mol. The fourth-order valence-electron chi connectivity index (χ4n) is 1.84. The van der Waals surface area contributed by atoms with Crippen LogP contribution in [0.1, 0.15) is 5.56 Å². The van der Waals surface area contributed by atoms with Gasteiger partial charge in [-0.05, 0) is 24.6 Å². The molecule has 0 N–H and O–H groups in total. The van der Waals surface area contributed by atoms with Gasteiger partial charge in [-0.25, -0.2) is 4.31 Å². The number of Topliss-reactive ketones (excluding diaryl/α,β-unsaturated/α-hetero) is 1. The van der Waals surface area contributed by atoms with Crippen molar-refractivity contribution in [2.24, 2.45) is 0 Å². The van der Waals surface area contributed by atoms with Crippen LogP contribution in [0.25, 0.3) is 0 Å². The van der Waals surface area contributed by atoms with Crippen LogP contribution in [0, 0.1) is 0 Å². The number of carbonyl (C=O) groups excluding carboxylic acids is 2. The van der Waals surface area contributed by atoms with Crippen LogP contribution in [-0.4, -0.2) is 40.4 Å². The van der Waals surface area contributed by atoms with Gasteiger partial charge in [0.05, 0.1) is 6.67 Å². The number of benzene rings is 1. The van der Waals surface area contributed by atoms with Crippen molar-refractivity contribution < 1.29 is 9.59 Å². The molecule has 17 heavy (non-hydrogen) atoms. The average molecular weight is 250 g/mol. The van der Waals surface area contributed by atoms with E-state index >= 15 is 0 Å². The standard InChI is InChI=1S/C12H14N2O2S/c1-13-9-14(12(17-13)11(16)8-15)7-10-5-3-2-4-6-10/h2-6,8,12H,7,9H2,1H3.